The van der Waals surface area contributed by atoms with E-state index in [0.29, 0.717) is 5.41 Å². The molecule has 0 radical (unpaired) electrons. The molecule has 0 N–H and O–H groups in total. The van der Waals surface area contributed by atoms with E-state index in [0.717, 1.165) is 58.0 Å². The second kappa shape index (κ2) is 9.50. The number of methoxy groups -OCH3 is 1. The maximum atomic E-state index is 6.41. The Morgan fingerprint density at radius 3 is 2.60 bits per heavy atom. The molecule has 2 aliphatic rings. The van der Waals surface area contributed by atoms with Gasteiger partial charge in [-0.15, -0.1) is 6.58 Å². The number of nitrogens with zero attached hydrogens (tertiary/aromatic N) is 1. The molecule has 1 aliphatic heterocycles. The van der Waals surface area contributed by atoms with Gasteiger partial charge in [0.1, 0.15) is 0 Å². The Labute approximate surface area is 154 Å². The van der Waals surface area contributed by atoms with Crippen molar-refractivity contribution in [1.29, 1.82) is 0 Å². The highest BCUT2D eigenvalue weighted by atomic mass is 16.7. The average molecular weight is 354 g/mol. The van der Waals surface area contributed by atoms with Gasteiger partial charge in [0.15, 0.2) is 5.79 Å². The minimum Gasteiger partial charge on any atom is -0.383 e. The molecule has 25 heavy (non-hydrogen) atoms. The van der Waals surface area contributed by atoms with Gasteiger partial charge in [-0.2, -0.15) is 0 Å². The quantitative estimate of drug-likeness (QED) is 0.549. The summed E-state index contributed by atoms with van der Waals surface area (Å²) in [5.41, 5.74) is 0.437. The Balaban J connectivity index is 1.76. The molecule has 1 saturated carbocycles. The SMILES string of the molecule is C=CCN(CCOC)CCC1COC2(CCC(C(C)(C)CC)CC2)O1. The summed E-state index contributed by atoms with van der Waals surface area (Å²) in [6.07, 6.45) is 9.01. The summed E-state index contributed by atoms with van der Waals surface area (Å²) in [6, 6.07) is 0. The van der Waals surface area contributed by atoms with Crippen molar-refractivity contribution in [2.75, 3.05) is 40.0 Å². The standard InChI is InChI=1S/C21H39NO3/c1-6-13-22(15-16-23-5)14-10-19-17-24-21(25-19)11-8-18(9-12-21)20(3,4)7-2/h6,18-19H,1,7-17H2,2-5H3. The van der Waals surface area contributed by atoms with E-state index in [-0.39, 0.29) is 11.9 Å². The molecule has 4 heteroatoms. The summed E-state index contributed by atoms with van der Waals surface area (Å²) in [5, 5.41) is 0. The Bertz CT molecular complexity index is 402. The molecule has 0 bridgehead atoms. The third-order valence-electron chi connectivity index (χ3n) is 6.44. The van der Waals surface area contributed by atoms with Gasteiger partial charge in [-0.3, -0.25) is 4.90 Å². The smallest absolute Gasteiger partial charge is 0.168 e. The summed E-state index contributed by atoms with van der Waals surface area (Å²) in [5.74, 6) is 0.507. The van der Waals surface area contributed by atoms with Crippen LogP contribution in [-0.4, -0.2) is 56.7 Å². The Kier molecular flexibility index (Phi) is 7.93. The van der Waals surface area contributed by atoms with Crippen molar-refractivity contribution >= 4 is 0 Å². The zero-order chi connectivity index (χ0) is 18.3. The van der Waals surface area contributed by atoms with Crippen LogP contribution < -0.4 is 0 Å². The second-order valence-electron chi connectivity index (χ2n) is 8.45. The van der Waals surface area contributed by atoms with Gasteiger partial charge in [-0.05, 0) is 30.6 Å². The van der Waals surface area contributed by atoms with E-state index in [4.69, 9.17) is 14.2 Å². The lowest BCUT2D eigenvalue weighted by atomic mass is 9.68. The molecule has 2 fully saturated rings. The molecule has 146 valence electrons. The van der Waals surface area contributed by atoms with Crippen molar-refractivity contribution in [2.24, 2.45) is 11.3 Å². The molecule has 0 aromatic rings. The van der Waals surface area contributed by atoms with Gasteiger partial charge in [0, 0.05) is 39.6 Å². The number of rotatable bonds is 10. The van der Waals surface area contributed by atoms with E-state index in [1.54, 1.807) is 7.11 Å². The van der Waals surface area contributed by atoms with E-state index >= 15 is 0 Å². The predicted octanol–water partition coefficient (Wildman–Crippen LogP) is 4.25. The fourth-order valence-corrected chi connectivity index (χ4v) is 4.17. The van der Waals surface area contributed by atoms with Crippen LogP contribution in [0.1, 0.15) is 59.3 Å². The summed E-state index contributed by atoms with van der Waals surface area (Å²) in [4.78, 5) is 2.37. The van der Waals surface area contributed by atoms with E-state index in [1.807, 2.05) is 6.08 Å². The van der Waals surface area contributed by atoms with Crippen molar-refractivity contribution in [3.63, 3.8) is 0 Å². The molecule has 0 aromatic heterocycles. The fraction of sp³-hybridized carbons (Fsp3) is 0.905. The Morgan fingerprint density at radius 2 is 2.00 bits per heavy atom. The van der Waals surface area contributed by atoms with Gasteiger partial charge in [-0.1, -0.05) is 33.3 Å². The van der Waals surface area contributed by atoms with E-state index in [1.165, 1.54) is 19.3 Å². The minimum absolute atomic E-state index is 0.227. The molecule has 1 heterocycles. The highest BCUT2D eigenvalue weighted by Crippen LogP contribution is 2.47. The van der Waals surface area contributed by atoms with Gasteiger partial charge in [-0.25, -0.2) is 0 Å². The van der Waals surface area contributed by atoms with Gasteiger partial charge >= 0.3 is 0 Å². The van der Waals surface area contributed by atoms with Crippen LogP contribution in [0.3, 0.4) is 0 Å². The maximum Gasteiger partial charge on any atom is 0.168 e. The topological polar surface area (TPSA) is 30.9 Å². The van der Waals surface area contributed by atoms with Gasteiger partial charge in [0.05, 0.1) is 19.3 Å². The highest BCUT2D eigenvalue weighted by Gasteiger charge is 2.46. The third kappa shape index (κ3) is 5.78. The lowest BCUT2D eigenvalue weighted by Gasteiger charge is -2.42. The van der Waals surface area contributed by atoms with Crippen LogP contribution in [0.5, 0.6) is 0 Å². The Morgan fingerprint density at radius 1 is 1.28 bits per heavy atom. The molecule has 1 saturated heterocycles. The zero-order valence-corrected chi connectivity index (χ0v) is 16.9. The van der Waals surface area contributed by atoms with Crippen LogP contribution in [-0.2, 0) is 14.2 Å². The summed E-state index contributed by atoms with van der Waals surface area (Å²) in [7, 11) is 1.75. The zero-order valence-electron chi connectivity index (χ0n) is 16.9. The molecule has 0 aromatic carbocycles. The van der Waals surface area contributed by atoms with E-state index in [2.05, 4.69) is 32.3 Å². The van der Waals surface area contributed by atoms with Crippen molar-refractivity contribution < 1.29 is 14.2 Å². The van der Waals surface area contributed by atoms with Crippen LogP contribution >= 0.6 is 0 Å². The van der Waals surface area contributed by atoms with E-state index < -0.39 is 0 Å². The molecular formula is C21H39NO3. The summed E-state index contributed by atoms with van der Waals surface area (Å²) >= 11 is 0. The number of hydrogen-bond acceptors (Lipinski definition) is 4. The average Bonchev–Trinajstić information content (AvgIpc) is 3.00. The molecule has 0 amide bonds. The molecule has 1 unspecified atom stereocenters. The van der Waals surface area contributed by atoms with Crippen LogP contribution in [0.25, 0.3) is 0 Å². The van der Waals surface area contributed by atoms with Gasteiger partial charge in [0.25, 0.3) is 0 Å². The normalized spacial score (nSPS) is 30.3. The summed E-state index contributed by atoms with van der Waals surface area (Å²) < 4.78 is 17.8. The Hall–Kier alpha value is -0.420. The van der Waals surface area contributed by atoms with Crippen molar-refractivity contribution in [3.8, 4) is 0 Å². The lowest BCUT2D eigenvalue weighted by Crippen LogP contribution is -2.39. The first kappa shape index (κ1) is 20.9. The number of hydrogen-bond donors (Lipinski definition) is 0. The first-order chi connectivity index (χ1) is 11.9. The van der Waals surface area contributed by atoms with Crippen molar-refractivity contribution in [2.45, 2.75) is 71.2 Å². The monoisotopic (exact) mass is 353 g/mol. The maximum absolute atomic E-state index is 6.41. The molecule has 1 aliphatic carbocycles. The largest absolute Gasteiger partial charge is 0.383 e. The van der Waals surface area contributed by atoms with Crippen LogP contribution in [0.2, 0.25) is 0 Å². The molecule has 2 rings (SSSR count). The summed E-state index contributed by atoms with van der Waals surface area (Å²) in [6.45, 7) is 15.3. The third-order valence-corrected chi connectivity index (χ3v) is 6.44. The molecular weight excluding hydrogens is 314 g/mol. The van der Waals surface area contributed by atoms with Crippen LogP contribution in [0.4, 0.5) is 0 Å². The van der Waals surface area contributed by atoms with Crippen molar-refractivity contribution in [1.82, 2.24) is 4.90 Å². The van der Waals surface area contributed by atoms with Crippen molar-refractivity contribution in [3.05, 3.63) is 12.7 Å². The lowest BCUT2D eigenvalue weighted by molar-refractivity contribution is -0.197. The van der Waals surface area contributed by atoms with Crippen LogP contribution in [0.15, 0.2) is 12.7 Å². The number of ether oxygens (including phenoxy) is 3. The van der Waals surface area contributed by atoms with Crippen LogP contribution in [0, 0.1) is 11.3 Å². The highest BCUT2D eigenvalue weighted by molar-refractivity contribution is 4.90. The molecule has 1 atom stereocenters. The molecule has 1 spiro atoms. The first-order valence-electron chi connectivity index (χ1n) is 10.1. The van der Waals surface area contributed by atoms with Gasteiger partial charge in [0.2, 0.25) is 0 Å². The second-order valence-corrected chi connectivity index (χ2v) is 8.45. The molecule has 4 nitrogen and oxygen atoms in total. The first-order valence-corrected chi connectivity index (χ1v) is 10.1. The van der Waals surface area contributed by atoms with E-state index in [9.17, 15) is 0 Å². The predicted molar refractivity (Wildman–Crippen MR) is 103 cm³/mol. The minimum atomic E-state index is -0.291. The van der Waals surface area contributed by atoms with Gasteiger partial charge < -0.3 is 14.2 Å². The fourth-order valence-electron chi connectivity index (χ4n) is 4.17.